The summed E-state index contributed by atoms with van der Waals surface area (Å²) < 4.78 is 16.5. The number of rotatable bonds is 2. The van der Waals surface area contributed by atoms with Crippen molar-refractivity contribution in [3.63, 3.8) is 0 Å². The van der Waals surface area contributed by atoms with Crippen molar-refractivity contribution in [2.75, 3.05) is 13.3 Å². The molecule has 2 aliphatic carbocycles. The van der Waals surface area contributed by atoms with Crippen LogP contribution < -0.4 is 9.47 Å². The smallest absolute Gasteiger partial charge is 0.231 e. The Balaban J connectivity index is 1.28. The SMILES string of the molecule is O=C([C@@H]1C[C@@H]2C=C[C@H]1C2)N1CCc2onc(-c3ccc4c(c3)OCO4)c2C1. The van der Waals surface area contributed by atoms with Crippen LogP contribution in [0.5, 0.6) is 11.5 Å². The van der Waals surface area contributed by atoms with Gasteiger partial charge in [-0.3, -0.25) is 4.79 Å². The summed E-state index contributed by atoms with van der Waals surface area (Å²) in [4.78, 5) is 15.1. The van der Waals surface area contributed by atoms with Crippen LogP contribution in [0.2, 0.25) is 0 Å². The molecule has 2 bridgehead atoms. The number of nitrogens with zero attached hydrogens (tertiary/aromatic N) is 2. The molecular weight excluding hydrogens is 344 g/mol. The van der Waals surface area contributed by atoms with E-state index in [0.29, 0.717) is 24.9 Å². The number of ether oxygens (including phenoxy) is 2. The molecule has 4 aliphatic rings. The van der Waals surface area contributed by atoms with Gasteiger partial charge in [0, 0.05) is 30.0 Å². The highest BCUT2D eigenvalue weighted by Crippen LogP contribution is 2.45. The van der Waals surface area contributed by atoms with Crippen LogP contribution in [0.1, 0.15) is 24.2 Å². The fraction of sp³-hybridized carbons (Fsp3) is 0.429. The first kappa shape index (κ1) is 15.3. The predicted molar refractivity (Wildman–Crippen MR) is 96.0 cm³/mol. The molecule has 6 nitrogen and oxygen atoms in total. The highest BCUT2D eigenvalue weighted by Gasteiger charge is 2.42. The summed E-state index contributed by atoms with van der Waals surface area (Å²) in [6, 6.07) is 5.79. The Morgan fingerprint density at radius 2 is 2.07 bits per heavy atom. The number of hydrogen-bond donors (Lipinski definition) is 0. The van der Waals surface area contributed by atoms with E-state index in [1.54, 1.807) is 0 Å². The third-order valence-electron chi connectivity index (χ3n) is 6.38. The summed E-state index contributed by atoms with van der Waals surface area (Å²) >= 11 is 0. The van der Waals surface area contributed by atoms with Gasteiger partial charge < -0.3 is 18.9 Å². The number of hydrogen-bond acceptors (Lipinski definition) is 5. The standard InChI is InChI=1S/C21H20N2O4/c24-21(15-8-12-1-2-13(15)7-12)23-6-5-17-16(10-23)20(22-27-17)14-3-4-18-19(9-14)26-11-25-18/h1-4,9,12-13,15H,5-8,10-11H2/t12-,13+,15-/m1/s1. The third kappa shape index (κ3) is 2.32. The lowest BCUT2D eigenvalue weighted by atomic mass is 9.91. The average molecular weight is 364 g/mol. The van der Waals surface area contributed by atoms with Crippen molar-refractivity contribution in [3.8, 4) is 22.8 Å². The Hall–Kier alpha value is -2.76. The van der Waals surface area contributed by atoms with Crippen molar-refractivity contribution >= 4 is 5.91 Å². The minimum absolute atomic E-state index is 0.149. The molecule has 1 saturated carbocycles. The quantitative estimate of drug-likeness (QED) is 0.766. The zero-order chi connectivity index (χ0) is 18.0. The number of amides is 1. The lowest BCUT2D eigenvalue weighted by Gasteiger charge is -2.30. The number of allylic oxidation sites excluding steroid dienone is 2. The summed E-state index contributed by atoms with van der Waals surface area (Å²) in [6.45, 7) is 1.52. The van der Waals surface area contributed by atoms with Gasteiger partial charge in [0.25, 0.3) is 0 Å². The Morgan fingerprint density at radius 1 is 1.15 bits per heavy atom. The fourth-order valence-electron chi connectivity index (χ4n) is 4.97. The minimum atomic E-state index is 0.149. The molecule has 2 aliphatic heterocycles. The van der Waals surface area contributed by atoms with E-state index in [1.807, 2.05) is 23.1 Å². The highest BCUT2D eigenvalue weighted by atomic mass is 16.7. The van der Waals surface area contributed by atoms with Gasteiger partial charge in [-0.15, -0.1) is 0 Å². The monoisotopic (exact) mass is 364 g/mol. The molecular formula is C21H20N2O4. The van der Waals surface area contributed by atoms with Gasteiger partial charge >= 0.3 is 0 Å². The van der Waals surface area contributed by atoms with Gasteiger partial charge in [0.2, 0.25) is 12.7 Å². The summed E-state index contributed by atoms with van der Waals surface area (Å²) in [5.74, 6) is 3.83. The Kier molecular flexibility index (Phi) is 3.19. The van der Waals surface area contributed by atoms with E-state index in [-0.39, 0.29) is 18.6 Å². The van der Waals surface area contributed by atoms with E-state index in [9.17, 15) is 4.79 Å². The lowest BCUT2D eigenvalue weighted by molar-refractivity contribution is -0.137. The van der Waals surface area contributed by atoms with Gasteiger partial charge in [-0.05, 0) is 42.9 Å². The van der Waals surface area contributed by atoms with E-state index >= 15 is 0 Å². The van der Waals surface area contributed by atoms with Crippen LogP contribution in [0, 0.1) is 17.8 Å². The maximum Gasteiger partial charge on any atom is 0.231 e. The molecule has 0 spiro atoms. The molecule has 27 heavy (non-hydrogen) atoms. The minimum Gasteiger partial charge on any atom is -0.454 e. The van der Waals surface area contributed by atoms with Gasteiger partial charge in [0.1, 0.15) is 11.5 Å². The van der Waals surface area contributed by atoms with E-state index in [1.165, 1.54) is 0 Å². The zero-order valence-corrected chi connectivity index (χ0v) is 14.9. The molecule has 0 radical (unpaired) electrons. The molecule has 0 N–H and O–H groups in total. The van der Waals surface area contributed by atoms with E-state index < -0.39 is 0 Å². The first-order chi connectivity index (χ1) is 13.3. The number of carbonyl (C=O) groups is 1. The Labute approximate surface area is 156 Å². The van der Waals surface area contributed by atoms with Crippen LogP contribution in [0.25, 0.3) is 11.3 Å². The summed E-state index contributed by atoms with van der Waals surface area (Å²) in [5, 5.41) is 4.30. The number of fused-ring (bicyclic) bond motifs is 4. The van der Waals surface area contributed by atoms with Crippen molar-refractivity contribution in [2.45, 2.75) is 25.8 Å². The summed E-state index contributed by atoms with van der Waals surface area (Å²) in [5.41, 5.74) is 2.75. The zero-order valence-electron chi connectivity index (χ0n) is 14.9. The molecule has 1 fully saturated rings. The first-order valence-corrected chi connectivity index (χ1v) is 9.61. The summed E-state index contributed by atoms with van der Waals surface area (Å²) in [6.07, 6.45) is 7.38. The molecule has 0 unspecified atom stereocenters. The van der Waals surface area contributed by atoms with Crippen LogP contribution >= 0.6 is 0 Å². The average Bonchev–Trinajstić information content (AvgIpc) is 3.49. The van der Waals surface area contributed by atoms with Gasteiger partial charge in [0.15, 0.2) is 11.5 Å². The second-order valence-corrected chi connectivity index (χ2v) is 7.90. The molecule has 2 aromatic rings. The first-order valence-electron chi connectivity index (χ1n) is 9.61. The molecule has 1 amide bonds. The predicted octanol–water partition coefficient (Wildman–Crippen LogP) is 3.17. The maximum absolute atomic E-state index is 13.1. The molecule has 6 rings (SSSR count). The molecule has 0 saturated heterocycles. The molecule has 3 atom stereocenters. The topological polar surface area (TPSA) is 64.8 Å². The van der Waals surface area contributed by atoms with Crippen molar-refractivity contribution in [3.05, 3.63) is 41.7 Å². The van der Waals surface area contributed by atoms with Gasteiger partial charge in [-0.1, -0.05) is 17.3 Å². The van der Waals surface area contributed by atoms with Crippen LogP contribution in [0.3, 0.4) is 0 Å². The fourth-order valence-corrected chi connectivity index (χ4v) is 4.97. The summed E-state index contributed by atoms with van der Waals surface area (Å²) in [7, 11) is 0. The van der Waals surface area contributed by atoms with Crippen LogP contribution in [-0.2, 0) is 17.8 Å². The number of carbonyl (C=O) groups excluding carboxylic acids is 1. The van der Waals surface area contributed by atoms with Crippen molar-refractivity contribution in [1.82, 2.24) is 10.1 Å². The van der Waals surface area contributed by atoms with E-state index in [0.717, 1.165) is 53.3 Å². The van der Waals surface area contributed by atoms with Crippen molar-refractivity contribution in [2.24, 2.45) is 17.8 Å². The van der Waals surface area contributed by atoms with Gasteiger partial charge in [-0.25, -0.2) is 0 Å². The molecule has 3 heterocycles. The van der Waals surface area contributed by atoms with Gasteiger partial charge in [-0.2, -0.15) is 0 Å². The normalized spacial score (nSPS) is 27.3. The Bertz CT molecular complexity index is 963. The maximum atomic E-state index is 13.1. The largest absolute Gasteiger partial charge is 0.454 e. The third-order valence-corrected chi connectivity index (χ3v) is 6.38. The Morgan fingerprint density at radius 3 is 2.93 bits per heavy atom. The lowest BCUT2D eigenvalue weighted by Crippen LogP contribution is -2.40. The van der Waals surface area contributed by atoms with Crippen LogP contribution in [0.15, 0.2) is 34.9 Å². The molecule has 6 heteroatoms. The second-order valence-electron chi connectivity index (χ2n) is 7.90. The molecule has 138 valence electrons. The van der Waals surface area contributed by atoms with Crippen molar-refractivity contribution in [1.29, 1.82) is 0 Å². The molecule has 1 aromatic heterocycles. The van der Waals surface area contributed by atoms with Crippen LogP contribution in [-0.4, -0.2) is 29.3 Å². The highest BCUT2D eigenvalue weighted by molar-refractivity contribution is 5.81. The van der Waals surface area contributed by atoms with Gasteiger partial charge in [0.05, 0.1) is 6.54 Å². The number of aromatic nitrogens is 1. The molecule has 1 aromatic carbocycles. The van der Waals surface area contributed by atoms with Crippen LogP contribution in [0.4, 0.5) is 0 Å². The van der Waals surface area contributed by atoms with Crippen molar-refractivity contribution < 1.29 is 18.8 Å². The van der Waals surface area contributed by atoms with E-state index in [2.05, 4.69) is 17.3 Å². The number of benzene rings is 1. The second kappa shape index (κ2) is 5.62. The van der Waals surface area contributed by atoms with E-state index in [4.69, 9.17) is 14.0 Å².